The van der Waals surface area contributed by atoms with Crippen LogP contribution in [0.4, 0.5) is 5.69 Å². The van der Waals surface area contributed by atoms with E-state index >= 15 is 0 Å². The van der Waals surface area contributed by atoms with Crippen molar-refractivity contribution in [2.45, 2.75) is 0 Å². The second-order valence-electron chi connectivity index (χ2n) is 4.21. The molecule has 0 aliphatic heterocycles. The van der Waals surface area contributed by atoms with Crippen molar-refractivity contribution in [3.8, 4) is 0 Å². The fraction of sp³-hybridized carbons (Fsp3) is 0.0667. The fourth-order valence-electron chi connectivity index (χ4n) is 1.52. The van der Waals surface area contributed by atoms with Gasteiger partial charge in [0, 0.05) is 14.6 Å². The average molecular weight is 411 g/mol. The van der Waals surface area contributed by atoms with Crippen LogP contribution in [0.25, 0.3) is 0 Å². The molecule has 4 nitrogen and oxygen atoms in total. The number of benzene rings is 2. The van der Waals surface area contributed by atoms with E-state index in [1.807, 2.05) is 48.5 Å². The molecule has 2 N–H and O–H groups in total. The Labute approximate surface area is 139 Å². The van der Waals surface area contributed by atoms with Gasteiger partial charge in [-0.05, 0) is 42.0 Å². The van der Waals surface area contributed by atoms with Gasteiger partial charge in [-0.3, -0.25) is 4.79 Å². The molecule has 2 aromatic rings. The third kappa shape index (κ3) is 5.69. The average Bonchev–Trinajstić information content (AvgIpc) is 2.49. The molecule has 2 rings (SSSR count). The van der Waals surface area contributed by atoms with Crippen LogP contribution in [0.3, 0.4) is 0 Å². The number of nitrogens with one attached hydrogen (secondary N) is 2. The maximum atomic E-state index is 11.6. The molecule has 0 aromatic heterocycles. The number of anilines is 1. The first-order chi connectivity index (χ1) is 10.1. The van der Waals surface area contributed by atoms with E-state index in [0.29, 0.717) is 0 Å². The summed E-state index contributed by atoms with van der Waals surface area (Å²) in [7, 11) is 0. The minimum absolute atomic E-state index is 0.166. The van der Waals surface area contributed by atoms with E-state index in [4.69, 9.17) is 0 Å². The molecule has 2 aromatic carbocycles. The predicted molar refractivity (Wildman–Crippen MR) is 92.5 cm³/mol. The molecule has 0 heterocycles. The number of halogens is 2. The lowest BCUT2D eigenvalue weighted by molar-refractivity contribution is -0.119. The van der Waals surface area contributed by atoms with Gasteiger partial charge in [0.2, 0.25) is 0 Å². The van der Waals surface area contributed by atoms with Gasteiger partial charge >= 0.3 is 0 Å². The van der Waals surface area contributed by atoms with Gasteiger partial charge in [0.25, 0.3) is 5.91 Å². The Bertz CT molecular complexity index is 624. The molecular weight excluding hydrogens is 398 g/mol. The van der Waals surface area contributed by atoms with Gasteiger partial charge in [-0.2, -0.15) is 5.10 Å². The Morgan fingerprint density at radius 3 is 2.19 bits per heavy atom. The molecule has 21 heavy (non-hydrogen) atoms. The minimum Gasteiger partial charge on any atom is -0.376 e. The number of hydrogen-bond acceptors (Lipinski definition) is 3. The monoisotopic (exact) mass is 409 g/mol. The third-order valence-corrected chi connectivity index (χ3v) is 3.63. The van der Waals surface area contributed by atoms with Gasteiger partial charge in [-0.15, -0.1) is 0 Å². The van der Waals surface area contributed by atoms with E-state index in [9.17, 15) is 4.79 Å². The SMILES string of the molecule is O=C(CNc1ccc(Br)cc1)N/N=C\c1ccc(Br)cc1. The summed E-state index contributed by atoms with van der Waals surface area (Å²) in [5.74, 6) is -0.203. The van der Waals surface area contributed by atoms with Gasteiger partial charge in [0.15, 0.2) is 0 Å². The van der Waals surface area contributed by atoms with Crippen LogP contribution in [0.2, 0.25) is 0 Å². The standard InChI is InChI=1S/C15H13Br2N3O/c16-12-3-1-11(2-4-12)9-19-20-15(21)10-18-14-7-5-13(17)6-8-14/h1-9,18H,10H2,(H,20,21)/b19-9-. The number of nitrogens with zero attached hydrogens (tertiary/aromatic N) is 1. The van der Waals surface area contributed by atoms with Crippen LogP contribution in [0.5, 0.6) is 0 Å². The molecule has 0 aliphatic rings. The van der Waals surface area contributed by atoms with Crippen LogP contribution < -0.4 is 10.7 Å². The first kappa shape index (κ1) is 15.7. The molecule has 0 bridgehead atoms. The summed E-state index contributed by atoms with van der Waals surface area (Å²) in [5, 5.41) is 6.93. The maximum Gasteiger partial charge on any atom is 0.259 e. The predicted octanol–water partition coefficient (Wildman–Crippen LogP) is 3.77. The molecule has 0 saturated heterocycles. The second kappa shape index (κ2) is 7.95. The van der Waals surface area contributed by atoms with Crippen LogP contribution in [0.15, 0.2) is 62.6 Å². The molecule has 0 radical (unpaired) electrons. The fourth-order valence-corrected chi connectivity index (χ4v) is 2.05. The Morgan fingerprint density at radius 2 is 1.57 bits per heavy atom. The Kier molecular flexibility index (Phi) is 5.95. The second-order valence-corrected chi connectivity index (χ2v) is 6.04. The molecule has 0 unspecified atom stereocenters. The maximum absolute atomic E-state index is 11.6. The lowest BCUT2D eigenvalue weighted by Crippen LogP contribution is -2.25. The largest absolute Gasteiger partial charge is 0.376 e. The van der Waals surface area contributed by atoms with E-state index in [0.717, 1.165) is 20.2 Å². The smallest absolute Gasteiger partial charge is 0.259 e. The van der Waals surface area contributed by atoms with Gasteiger partial charge in [0.1, 0.15) is 0 Å². The molecule has 0 atom stereocenters. The highest BCUT2D eigenvalue weighted by atomic mass is 79.9. The first-order valence-electron chi connectivity index (χ1n) is 6.20. The normalized spacial score (nSPS) is 10.6. The number of rotatable bonds is 5. The van der Waals surface area contributed by atoms with Crippen LogP contribution in [0.1, 0.15) is 5.56 Å². The molecule has 0 spiro atoms. The highest BCUT2D eigenvalue weighted by Crippen LogP contribution is 2.13. The molecule has 0 saturated carbocycles. The zero-order valence-corrected chi connectivity index (χ0v) is 14.2. The summed E-state index contributed by atoms with van der Waals surface area (Å²) in [6, 6.07) is 15.2. The Balaban J connectivity index is 1.77. The molecule has 0 fully saturated rings. The van der Waals surface area contributed by atoms with E-state index < -0.39 is 0 Å². The van der Waals surface area contributed by atoms with Gasteiger partial charge < -0.3 is 5.32 Å². The molecule has 108 valence electrons. The summed E-state index contributed by atoms with van der Waals surface area (Å²) in [6.07, 6.45) is 1.60. The minimum atomic E-state index is -0.203. The highest BCUT2D eigenvalue weighted by Gasteiger charge is 1.99. The van der Waals surface area contributed by atoms with Crippen molar-refractivity contribution in [1.29, 1.82) is 0 Å². The molecular formula is C15H13Br2N3O. The summed E-state index contributed by atoms with van der Waals surface area (Å²) in [4.78, 5) is 11.6. The zero-order valence-electron chi connectivity index (χ0n) is 11.0. The first-order valence-corrected chi connectivity index (χ1v) is 7.79. The Morgan fingerprint density at radius 1 is 1.00 bits per heavy atom. The van der Waals surface area contributed by atoms with Gasteiger partial charge in [0.05, 0.1) is 12.8 Å². The van der Waals surface area contributed by atoms with Crippen molar-refractivity contribution in [2.75, 3.05) is 11.9 Å². The Hall–Kier alpha value is -1.66. The molecule has 1 amide bonds. The van der Waals surface area contributed by atoms with Crippen molar-refractivity contribution in [3.63, 3.8) is 0 Å². The van der Waals surface area contributed by atoms with Crippen molar-refractivity contribution >= 4 is 49.7 Å². The lowest BCUT2D eigenvalue weighted by Gasteiger charge is -2.05. The summed E-state index contributed by atoms with van der Waals surface area (Å²) < 4.78 is 2.00. The summed E-state index contributed by atoms with van der Waals surface area (Å²) in [5.41, 5.74) is 4.27. The van der Waals surface area contributed by atoms with Crippen molar-refractivity contribution in [3.05, 3.63) is 63.0 Å². The molecule has 6 heteroatoms. The van der Waals surface area contributed by atoms with E-state index in [2.05, 4.69) is 47.7 Å². The van der Waals surface area contributed by atoms with Gasteiger partial charge in [-0.25, -0.2) is 5.43 Å². The zero-order chi connectivity index (χ0) is 15.1. The van der Waals surface area contributed by atoms with Crippen molar-refractivity contribution in [1.82, 2.24) is 5.43 Å². The van der Waals surface area contributed by atoms with Gasteiger partial charge in [-0.1, -0.05) is 44.0 Å². The van der Waals surface area contributed by atoms with E-state index in [-0.39, 0.29) is 12.5 Å². The van der Waals surface area contributed by atoms with Crippen molar-refractivity contribution < 1.29 is 4.79 Å². The van der Waals surface area contributed by atoms with Crippen molar-refractivity contribution in [2.24, 2.45) is 5.10 Å². The van der Waals surface area contributed by atoms with E-state index in [1.165, 1.54) is 0 Å². The number of carbonyl (C=O) groups excluding carboxylic acids is 1. The number of amides is 1. The topological polar surface area (TPSA) is 53.5 Å². The number of carbonyl (C=O) groups is 1. The third-order valence-electron chi connectivity index (χ3n) is 2.57. The summed E-state index contributed by atoms with van der Waals surface area (Å²) >= 11 is 6.72. The highest BCUT2D eigenvalue weighted by molar-refractivity contribution is 9.10. The number of hydrazone groups is 1. The quantitative estimate of drug-likeness (QED) is 0.582. The summed E-state index contributed by atoms with van der Waals surface area (Å²) in [6.45, 7) is 0.166. The molecule has 0 aliphatic carbocycles. The number of hydrogen-bond donors (Lipinski definition) is 2. The lowest BCUT2D eigenvalue weighted by atomic mass is 10.2. The van der Waals surface area contributed by atoms with Crippen LogP contribution in [-0.4, -0.2) is 18.7 Å². The van der Waals surface area contributed by atoms with Crippen LogP contribution >= 0.6 is 31.9 Å². The van der Waals surface area contributed by atoms with E-state index in [1.54, 1.807) is 6.21 Å². The van der Waals surface area contributed by atoms with Crippen LogP contribution in [-0.2, 0) is 4.79 Å². The van der Waals surface area contributed by atoms with Crippen LogP contribution in [0, 0.1) is 0 Å².